The molecule has 2 atom stereocenters. The van der Waals surface area contributed by atoms with Gasteiger partial charge in [-0.05, 0) is 43.4 Å². The van der Waals surface area contributed by atoms with Gasteiger partial charge in [-0.15, -0.1) is 0 Å². The number of hydrogen-bond donors (Lipinski definition) is 2. The highest BCUT2D eigenvalue weighted by molar-refractivity contribution is 5.94. The average Bonchev–Trinajstić information content (AvgIpc) is 2.88. The van der Waals surface area contributed by atoms with Gasteiger partial charge in [0.1, 0.15) is 5.75 Å². The molecule has 4 nitrogen and oxygen atoms in total. The van der Waals surface area contributed by atoms with Gasteiger partial charge in [0.2, 0.25) is 0 Å². The van der Waals surface area contributed by atoms with Crippen LogP contribution in [0, 0.1) is 5.92 Å². The number of hydrogen-bond acceptors (Lipinski definition) is 3. The second kappa shape index (κ2) is 7.29. The molecule has 1 aliphatic carbocycles. The van der Waals surface area contributed by atoms with Crippen LogP contribution in [0.15, 0.2) is 24.3 Å². The Bertz CT molecular complexity index is 448. The molecule has 1 amide bonds. The Kier molecular flexibility index (Phi) is 5.41. The van der Waals surface area contributed by atoms with Crippen LogP contribution in [0.4, 0.5) is 0 Å². The third kappa shape index (κ3) is 3.97. The molecule has 4 heteroatoms. The zero-order chi connectivity index (χ0) is 14.4. The summed E-state index contributed by atoms with van der Waals surface area (Å²) < 4.78 is 5.54. The Balaban J connectivity index is 1.88. The fourth-order valence-electron chi connectivity index (χ4n) is 2.59. The largest absolute Gasteiger partial charge is 0.494 e. The Hall–Kier alpha value is -1.55. The first-order valence-corrected chi connectivity index (χ1v) is 7.47. The Labute approximate surface area is 120 Å². The smallest absolute Gasteiger partial charge is 0.251 e. The summed E-state index contributed by atoms with van der Waals surface area (Å²) in [5.41, 5.74) is 6.66. The van der Waals surface area contributed by atoms with Gasteiger partial charge in [-0.1, -0.05) is 19.4 Å². The highest BCUT2D eigenvalue weighted by atomic mass is 16.5. The Morgan fingerprint density at radius 2 is 2.30 bits per heavy atom. The molecule has 1 saturated carbocycles. The van der Waals surface area contributed by atoms with E-state index in [1.165, 1.54) is 6.42 Å². The molecule has 110 valence electrons. The van der Waals surface area contributed by atoms with Gasteiger partial charge >= 0.3 is 0 Å². The van der Waals surface area contributed by atoms with Crippen molar-refractivity contribution in [3.05, 3.63) is 29.8 Å². The van der Waals surface area contributed by atoms with Crippen LogP contribution in [-0.2, 0) is 0 Å². The van der Waals surface area contributed by atoms with E-state index in [2.05, 4.69) is 12.2 Å². The van der Waals surface area contributed by atoms with Crippen molar-refractivity contribution in [1.82, 2.24) is 5.32 Å². The molecule has 1 fully saturated rings. The van der Waals surface area contributed by atoms with Crippen LogP contribution in [0.2, 0.25) is 0 Å². The van der Waals surface area contributed by atoms with Gasteiger partial charge in [-0.25, -0.2) is 0 Å². The number of benzene rings is 1. The highest BCUT2D eigenvalue weighted by Gasteiger charge is 2.24. The molecular weight excluding hydrogens is 252 g/mol. The van der Waals surface area contributed by atoms with Gasteiger partial charge in [0.15, 0.2) is 0 Å². The summed E-state index contributed by atoms with van der Waals surface area (Å²) in [6.07, 6.45) is 4.31. The third-order valence-corrected chi connectivity index (χ3v) is 3.81. The molecule has 0 saturated heterocycles. The lowest BCUT2D eigenvalue weighted by Gasteiger charge is -2.16. The van der Waals surface area contributed by atoms with E-state index in [0.29, 0.717) is 24.6 Å². The number of nitrogens with one attached hydrogen (secondary N) is 1. The fraction of sp³-hybridized carbons (Fsp3) is 0.562. The lowest BCUT2D eigenvalue weighted by atomic mass is 10.0. The minimum Gasteiger partial charge on any atom is -0.494 e. The molecular formula is C16H24N2O2. The number of carbonyl (C=O) groups excluding carboxylic acids is 1. The molecule has 1 aliphatic rings. The fourth-order valence-corrected chi connectivity index (χ4v) is 2.59. The highest BCUT2D eigenvalue weighted by Crippen LogP contribution is 2.23. The quantitative estimate of drug-likeness (QED) is 0.838. The zero-order valence-electron chi connectivity index (χ0n) is 12.1. The molecule has 0 aromatic heterocycles. The summed E-state index contributed by atoms with van der Waals surface area (Å²) in [6, 6.07) is 7.55. The molecule has 0 bridgehead atoms. The van der Waals surface area contributed by atoms with E-state index in [4.69, 9.17) is 10.5 Å². The molecule has 0 heterocycles. The van der Waals surface area contributed by atoms with Crippen LogP contribution in [0.3, 0.4) is 0 Å². The van der Waals surface area contributed by atoms with Gasteiger partial charge in [0.05, 0.1) is 6.61 Å². The third-order valence-electron chi connectivity index (χ3n) is 3.81. The number of rotatable bonds is 6. The maximum absolute atomic E-state index is 12.1. The Morgan fingerprint density at radius 1 is 1.45 bits per heavy atom. The SMILES string of the molecule is CCCOc1cccc(C(=O)NCC2CCCC2N)c1. The van der Waals surface area contributed by atoms with Crippen molar-refractivity contribution in [3.63, 3.8) is 0 Å². The van der Waals surface area contributed by atoms with Crippen molar-refractivity contribution in [2.24, 2.45) is 11.7 Å². The number of nitrogens with two attached hydrogens (primary N) is 1. The van der Waals surface area contributed by atoms with Crippen molar-refractivity contribution in [3.8, 4) is 5.75 Å². The second-order valence-electron chi connectivity index (χ2n) is 5.44. The van der Waals surface area contributed by atoms with Crippen LogP contribution in [0.25, 0.3) is 0 Å². The second-order valence-corrected chi connectivity index (χ2v) is 5.44. The minimum absolute atomic E-state index is 0.0500. The van der Waals surface area contributed by atoms with E-state index in [1.54, 1.807) is 6.07 Å². The summed E-state index contributed by atoms with van der Waals surface area (Å²) in [5.74, 6) is 1.11. The molecule has 1 aromatic carbocycles. The first-order chi connectivity index (χ1) is 9.70. The van der Waals surface area contributed by atoms with Gasteiger partial charge in [0, 0.05) is 18.2 Å². The number of amides is 1. The Morgan fingerprint density at radius 3 is 3.00 bits per heavy atom. The molecule has 1 aromatic rings. The van der Waals surface area contributed by atoms with Crippen molar-refractivity contribution in [2.75, 3.05) is 13.2 Å². The zero-order valence-corrected chi connectivity index (χ0v) is 12.1. The first-order valence-electron chi connectivity index (χ1n) is 7.47. The van der Waals surface area contributed by atoms with Crippen LogP contribution < -0.4 is 15.8 Å². The van der Waals surface area contributed by atoms with Gasteiger partial charge in [-0.2, -0.15) is 0 Å². The minimum atomic E-state index is -0.0500. The maximum atomic E-state index is 12.1. The lowest BCUT2D eigenvalue weighted by molar-refractivity contribution is 0.0946. The molecule has 0 spiro atoms. The number of ether oxygens (including phenoxy) is 1. The van der Waals surface area contributed by atoms with Crippen LogP contribution >= 0.6 is 0 Å². The number of carbonyl (C=O) groups is 1. The van der Waals surface area contributed by atoms with E-state index in [1.807, 2.05) is 18.2 Å². The van der Waals surface area contributed by atoms with Gasteiger partial charge in [0.25, 0.3) is 5.91 Å². The van der Waals surface area contributed by atoms with E-state index in [9.17, 15) is 4.79 Å². The van der Waals surface area contributed by atoms with Crippen molar-refractivity contribution < 1.29 is 9.53 Å². The van der Waals surface area contributed by atoms with Crippen LogP contribution in [0.1, 0.15) is 43.0 Å². The average molecular weight is 276 g/mol. The summed E-state index contributed by atoms with van der Waals surface area (Å²) in [4.78, 5) is 12.1. The molecule has 0 radical (unpaired) electrons. The van der Waals surface area contributed by atoms with Crippen molar-refractivity contribution >= 4 is 5.91 Å². The molecule has 2 unspecified atom stereocenters. The van der Waals surface area contributed by atoms with Crippen LogP contribution in [-0.4, -0.2) is 25.1 Å². The predicted octanol–water partition coefficient (Wildman–Crippen LogP) is 2.33. The van der Waals surface area contributed by atoms with E-state index in [0.717, 1.165) is 25.0 Å². The van der Waals surface area contributed by atoms with E-state index in [-0.39, 0.29) is 11.9 Å². The first kappa shape index (κ1) is 14.9. The normalized spacial score (nSPS) is 21.7. The van der Waals surface area contributed by atoms with Crippen LogP contribution in [0.5, 0.6) is 5.75 Å². The van der Waals surface area contributed by atoms with Gasteiger partial charge in [-0.3, -0.25) is 4.79 Å². The summed E-state index contributed by atoms with van der Waals surface area (Å²) in [6.45, 7) is 3.39. The molecule has 20 heavy (non-hydrogen) atoms. The maximum Gasteiger partial charge on any atom is 0.251 e. The van der Waals surface area contributed by atoms with E-state index >= 15 is 0 Å². The van der Waals surface area contributed by atoms with Crippen molar-refractivity contribution in [1.29, 1.82) is 0 Å². The summed E-state index contributed by atoms with van der Waals surface area (Å²) in [5, 5.41) is 2.98. The summed E-state index contributed by atoms with van der Waals surface area (Å²) >= 11 is 0. The van der Waals surface area contributed by atoms with E-state index < -0.39 is 0 Å². The molecule has 3 N–H and O–H groups in total. The topological polar surface area (TPSA) is 64.3 Å². The summed E-state index contributed by atoms with van der Waals surface area (Å²) in [7, 11) is 0. The predicted molar refractivity (Wildman–Crippen MR) is 79.9 cm³/mol. The van der Waals surface area contributed by atoms with Gasteiger partial charge < -0.3 is 15.8 Å². The standard InChI is InChI=1S/C16H24N2O2/c1-2-9-20-14-7-3-5-12(10-14)16(19)18-11-13-6-4-8-15(13)17/h3,5,7,10,13,15H,2,4,6,8-9,11,17H2,1H3,(H,18,19). The monoisotopic (exact) mass is 276 g/mol. The van der Waals surface area contributed by atoms with Crippen molar-refractivity contribution in [2.45, 2.75) is 38.6 Å². The lowest BCUT2D eigenvalue weighted by Crippen LogP contribution is -2.36. The molecule has 0 aliphatic heterocycles. The molecule has 2 rings (SSSR count).